The molecule has 1 aromatic heterocycles. The lowest BCUT2D eigenvalue weighted by Crippen LogP contribution is -2.08. The van der Waals surface area contributed by atoms with E-state index in [0.717, 1.165) is 19.4 Å². The molecule has 0 aliphatic rings. The number of unbranched alkanes of at least 4 members (excludes halogenated alkanes) is 1. The zero-order valence-electron chi connectivity index (χ0n) is 9.40. The van der Waals surface area contributed by atoms with E-state index in [9.17, 15) is 4.79 Å². The first kappa shape index (κ1) is 12.4. The van der Waals surface area contributed by atoms with Gasteiger partial charge in [0.25, 0.3) is 0 Å². The van der Waals surface area contributed by atoms with Crippen LogP contribution in [0.3, 0.4) is 0 Å². The van der Waals surface area contributed by atoms with Crippen molar-refractivity contribution in [3.8, 4) is 0 Å². The fraction of sp³-hybridized carbons (Fsp3) is 0.455. The number of rotatable bonds is 6. The second-order valence-corrected chi connectivity index (χ2v) is 3.34. The number of anilines is 1. The smallest absolute Gasteiger partial charge is 0.338 e. The topological polar surface area (TPSA) is 77.2 Å². The van der Waals surface area contributed by atoms with Crippen molar-refractivity contribution in [1.82, 2.24) is 4.98 Å². The molecule has 0 amide bonds. The molecule has 16 heavy (non-hydrogen) atoms. The number of esters is 1. The van der Waals surface area contributed by atoms with Gasteiger partial charge >= 0.3 is 5.97 Å². The van der Waals surface area contributed by atoms with Gasteiger partial charge in [0.2, 0.25) is 0 Å². The summed E-state index contributed by atoms with van der Waals surface area (Å²) in [4.78, 5) is 15.4. The summed E-state index contributed by atoms with van der Waals surface area (Å²) < 4.78 is 4.62. The third kappa shape index (κ3) is 3.86. The number of aromatic nitrogens is 1. The molecule has 0 aliphatic heterocycles. The lowest BCUT2D eigenvalue weighted by atomic mass is 10.2. The Bertz CT molecular complexity index is 342. The Labute approximate surface area is 95.0 Å². The lowest BCUT2D eigenvalue weighted by Gasteiger charge is -2.06. The maximum Gasteiger partial charge on any atom is 0.338 e. The van der Waals surface area contributed by atoms with Crippen LogP contribution in [0.1, 0.15) is 23.2 Å². The van der Waals surface area contributed by atoms with Crippen molar-refractivity contribution in [2.24, 2.45) is 5.73 Å². The summed E-state index contributed by atoms with van der Waals surface area (Å²) >= 11 is 0. The molecule has 1 aromatic rings. The molecule has 1 rings (SSSR count). The summed E-state index contributed by atoms with van der Waals surface area (Å²) in [5, 5.41) is 3.12. The Balaban J connectivity index is 2.50. The second kappa shape index (κ2) is 6.79. The Hall–Kier alpha value is -1.62. The summed E-state index contributed by atoms with van der Waals surface area (Å²) in [6.07, 6.45) is 3.54. The average molecular weight is 223 g/mol. The molecule has 5 heteroatoms. The van der Waals surface area contributed by atoms with Crippen molar-refractivity contribution in [1.29, 1.82) is 0 Å². The fourth-order valence-electron chi connectivity index (χ4n) is 1.26. The summed E-state index contributed by atoms with van der Waals surface area (Å²) in [6, 6.07) is 3.30. The minimum Gasteiger partial charge on any atom is -0.465 e. The number of carbonyl (C=O) groups excluding carboxylic acids is 1. The molecule has 0 atom stereocenters. The van der Waals surface area contributed by atoms with Gasteiger partial charge in [-0.05, 0) is 31.5 Å². The molecule has 0 radical (unpaired) electrons. The van der Waals surface area contributed by atoms with Crippen molar-refractivity contribution in [3.05, 3.63) is 23.9 Å². The normalized spacial score (nSPS) is 9.88. The van der Waals surface area contributed by atoms with Crippen LogP contribution in [0, 0.1) is 0 Å². The van der Waals surface area contributed by atoms with Crippen LogP contribution in [0.15, 0.2) is 18.3 Å². The number of ether oxygens (including phenoxy) is 1. The third-order valence-electron chi connectivity index (χ3n) is 2.12. The highest BCUT2D eigenvalue weighted by molar-refractivity contribution is 5.89. The van der Waals surface area contributed by atoms with E-state index in [-0.39, 0.29) is 5.97 Å². The van der Waals surface area contributed by atoms with Gasteiger partial charge < -0.3 is 15.8 Å². The number of carbonyl (C=O) groups is 1. The highest BCUT2D eigenvalue weighted by atomic mass is 16.5. The molecule has 0 unspecified atom stereocenters. The molecule has 0 aliphatic carbocycles. The fourth-order valence-corrected chi connectivity index (χ4v) is 1.26. The second-order valence-electron chi connectivity index (χ2n) is 3.34. The quantitative estimate of drug-likeness (QED) is 0.556. The van der Waals surface area contributed by atoms with Crippen LogP contribution in [0.2, 0.25) is 0 Å². The van der Waals surface area contributed by atoms with Crippen molar-refractivity contribution in [2.45, 2.75) is 12.8 Å². The Morgan fingerprint density at radius 2 is 2.38 bits per heavy atom. The molecule has 0 saturated heterocycles. The van der Waals surface area contributed by atoms with Gasteiger partial charge in [-0.25, -0.2) is 9.78 Å². The van der Waals surface area contributed by atoms with Crippen LogP contribution >= 0.6 is 0 Å². The molecule has 0 bridgehead atoms. The molecular formula is C11H17N3O2. The average Bonchev–Trinajstić information content (AvgIpc) is 2.34. The monoisotopic (exact) mass is 223 g/mol. The Kier molecular flexibility index (Phi) is 5.28. The number of nitrogens with two attached hydrogens (primary N) is 1. The number of hydrogen-bond donors (Lipinski definition) is 2. The predicted octanol–water partition coefficient (Wildman–Crippen LogP) is 1.02. The molecule has 0 aromatic carbocycles. The molecular weight excluding hydrogens is 206 g/mol. The number of methoxy groups -OCH3 is 1. The van der Waals surface area contributed by atoms with Crippen LogP contribution in [0.4, 0.5) is 5.82 Å². The molecule has 0 saturated carbocycles. The Morgan fingerprint density at radius 1 is 1.56 bits per heavy atom. The first-order valence-electron chi connectivity index (χ1n) is 5.26. The van der Waals surface area contributed by atoms with Crippen molar-refractivity contribution in [3.63, 3.8) is 0 Å². The van der Waals surface area contributed by atoms with Crippen molar-refractivity contribution < 1.29 is 9.53 Å². The van der Waals surface area contributed by atoms with Gasteiger partial charge in [-0.15, -0.1) is 0 Å². The van der Waals surface area contributed by atoms with Gasteiger partial charge in [-0.3, -0.25) is 0 Å². The van der Waals surface area contributed by atoms with E-state index in [0.29, 0.717) is 17.9 Å². The standard InChI is InChI=1S/C11H17N3O2/c1-16-11(15)9-4-7-14-10(8-9)13-6-3-2-5-12/h4,7-8H,2-3,5-6,12H2,1H3,(H,13,14). The summed E-state index contributed by atoms with van der Waals surface area (Å²) in [7, 11) is 1.36. The SMILES string of the molecule is COC(=O)c1ccnc(NCCCCN)c1. The molecule has 1 heterocycles. The van der Waals surface area contributed by atoms with Gasteiger partial charge in [-0.2, -0.15) is 0 Å². The maximum atomic E-state index is 11.2. The van der Waals surface area contributed by atoms with Gasteiger partial charge in [0.15, 0.2) is 0 Å². The first-order chi connectivity index (χ1) is 7.77. The van der Waals surface area contributed by atoms with Gasteiger partial charge in [0.05, 0.1) is 12.7 Å². The largest absolute Gasteiger partial charge is 0.465 e. The van der Waals surface area contributed by atoms with E-state index in [1.165, 1.54) is 7.11 Å². The van der Waals surface area contributed by atoms with Crippen LogP contribution < -0.4 is 11.1 Å². The van der Waals surface area contributed by atoms with E-state index in [1.807, 2.05) is 0 Å². The summed E-state index contributed by atoms with van der Waals surface area (Å²) in [6.45, 7) is 1.49. The number of pyridine rings is 1. The summed E-state index contributed by atoms with van der Waals surface area (Å²) in [5.41, 5.74) is 5.88. The lowest BCUT2D eigenvalue weighted by molar-refractivity contribution is 0.0600. The minimum atomic E-state index is -0.354. The number of nitrogens with zero attached hydrogens (tertiary/aromatic N) is 1. The van der Waals surface area contributed by atoms with Crippen LogP contribution in [-0.2, 0) is 4.74 Å². The van der Waals surface area contributed by atoms with Gasteiger partial charge in [0.1, 0.15) is 5.82 Å². The number of hydrogen-bond acceptors (Lipinski definition) is 5. The van der Waals surface area contributed by atoms with Gasteiger partial charge in [-0.1, -0.05) is 0 Å². The zero-order chi connectivity index (χ0) is 11.8. The van der Waals surface area contributed by atoms with Crippen molar-refractivity contribution >= 4 is 11.8 Å². The van der Waals surface area contributed by atoms with E-state index in [1.54, 1.807) is 18.3 Å². The molecule has 5 nitrogen and oxygen atoms in total. The van der Waals surface area contributed by atoms with E-state index in [4.69, 9.17) is 5.73 Å². The maximum absolute atomic E-state index is 11.2. The predicted molar refractivity (Wildman–Crippen MR) is 62.4 cm³/mol. The molecule has 88 valence electrons. The van der Waals surface area contributed by atoms with Crippen molar-refractivity contribution in [2.75, 3.05) is 25.5 Å². The molecule has 0 spiro atoms. The number of nitrogens with one attached hydrogen (secondary N) is 1. The van der Waals surface area contributed by atoms with E-state index >= 15 is 0 Å². The molecule has 0 fully saturated rings. The van der Waals surface area contributed by atoms with E-state index < -0.39 is 0 Å². The van der Waals surface area contributed by atoms with Crippen LogP contribution in [-0.4, -0.2) is 31.2 Å². The highest BCUT2D eigenvalue weighted by Gasteiger charge is 2.05. The Morgan fingerprint density at radius 3 is 3.06 bits per heavy atom. The summed E-state index contributed by atoms with van der Waals surface area (Å²) in [5.74, 6) is 0.326. The molecule has 3 N–H and O–H groups in total. The van der Waals surface area contributed by atoms with Gasteiger partial charge in [0, 0.05) is 12.7 Å². The minimum absolute atomic E-state index is 0.354. The van der Waals surface area contributed by atoms with E-state index in [2.05, 4.69) is 15.0 Å². The van der Waals surface area contributed by atoms with Crippen LogP contribution in [0.5, 0.6) is 0 Å². The zero-order valence-corrected chi connectivity index (χ0v) is 9.40. The van der Waals surface area contributed by atoms with Crippen LogP contribution in [0.25, 0.3) is 0 Å². The first-order valence-corrected chi connectivity index (χ1v) is 5.26. The highest BCUT2D eigenvalue weighted by Crippen LogP contribution is 2.07. The third-order valence-corrected chi connectivity index (χ3v) is 2.12.